The molecule has 0 unspecified atom stereocenters. The van der Waals surface area contributed by atoms with E-state index in [0.29, 0.717) is 0 Å². The highest BCUT2D eigenvalue weighted by atomic mass is 127. The molecule has 0 atom stereocenters. The van der Waals surface area contributed by atoms with Gasteiger partial charge in [-0.15, -0.1) is 0 Å². The van der Waals surface area contributed by atoms with E-state index in [0.717, 1.165) is 28.8 Å². The maximum absolute atomic E-state index is 6.18. The lowest BCUT2D eigenvalue weighted by Gasteiger charge is -2.32. The minimum atomic E-state index is -0.476. The second kappa shape index (κ2) is 16.6. The Kier molecular flexibility index (Phi) is 14.9. The van der Waals surface area contributed by atoms with Gasteiger partial charge in [0.05, 0.1) is 44.8 Å². The maximum atomic E-state index is 6.18. The number of halogens is 6. The molecule has 0 aliphatic carbocycles. The van der Waals surface area contributed by atoms with Crippen LogP contribution in [0.5, 0.6) is 0 Å². The lowest BCUT2D eigenvalue weighted by Crippen LogP contribution is -2.41. The predicted octanol–water partition coefficient (Wildman–Crippen LogP) is 10.5. The van der Waals surface area contributed by atoms with Gasteiger partial charge in [-0.05, 0) is 223 Å². The number of hydrogen-bond donors (Lipinski definition) is 0. The van der Waals surface area contributed by atoms with Crippen molar-refractivity contribution in [2.45, 2.75) is 156 Å². The maximum Gasteiger partial charge on any atom is 0.496 e. The van der Waals surface area contributed by atoms with E-state index in [1.807, 2.05) is 67.5 Å². The lowest BCUT2D eigenvalue weighted by molar-refractivity contribution is 0.00578. The molecule has 54 heavy (non-hydrogen) atoms. The molecule has 0 amide bonds. The van der Waals surface area contributed by atoms with Crippen molar-refractivity contribution in [3.63, 3.8) is 0 Å². The molecule has 298 valence electrons. The molecule has 2 aromatic rings. The van der Waals surface area contributed by atoms with Gasteiger partial charge in [0.25, 0.3) is 0 Å². The summed E-state index contributed by atoms with van der Waals surface area (Å²) < 4.78 is 55.2. The largest absolute Gasteiger partial charge is 0.496 e. The van der Waals surface area contributed by atoms with E-state index in [1.165, 1.54) is 7.14 Å². The first kappa shape index (κ1) is 48.4. The Morgan fingerprint density at radius 3 is 0.778 bits per heavy atom. The fourth-order valence-electron chi connectivity index (χ4n) is 5.38. The third-order valence-electron chi connectivity index (χ3n) is 11.9. The van der Waals surface area contributed by atoms with Crippen LogP contribution in [0, 0.1) is 7.14 Å². The smallest absolute Gasteiger partial charge is 0.405 e. The first-order chi connectivity index (χ1) is 24.2. The van der Waals surface area contributed by atoms with Crippen LogP contribution in [-0.4, -0.2) is 73.1 Å². The van der Waals surface area contributed by atoms with Gasteiger partial charge in [0.15, 0.2) is 0 Å². The van der Waals surface area contributed by atoms with Gasteiger partial charge in [0, 0.05) is 25.0 Å². The van der Waals surface area contributed by atoms with Gasteiger partial charge in [-0.1, -0.05) is 31.9 Å². The molecule has 18 heteroatoms. The summed E-state index contributed by atoms with van der Waals surface area (Å²) in [5.74, 6) is 0. The molecular formula is C36H52B4Br4I2O8. The summed E-state index contributed by atoms with van der Waals surface area (Å²) in [6.45, 7) is 32.6. The minimum Gasteiger partial charge on any atom is -0.405 e. The highest BCUT2D eigenvalue weighted by Crippen LogP contribution is 2.43. The standard InChI is InChI=1S/C18H26B2Br2O4.C12H24B2O4.C6H2Br2I2/c1-15(2)16(3,4)24-19(23-15)11-9-14(22)12(10-13(11)21)20-25-17(5,6)18(7,8)26-20;1-9(2)10(3,4)16-13(15-9)14-17-11(5,6)12(7,8)18-14;7-3-1-5(9)4(8)2-6(3)10/h9-10H,1-8H3;1-8H3;1-2H. The van der Waals surface area contributed by atoms with Gasteiger partial charge in [0.2, 0.25) is 0 Å². The first-order valence-corrected chi connectivity index (χ1v) is 23.2. The van der Waals surface area contributed by atoms with Crippen LogP contribution in [0.3, 0.4) is 0 Å². The Balaban J connectivity index is 0.000000200. The summed E-state index contributed by atoms with van der Waals surface area (Å²) in [4.78, 5) is 0. The van der Waals surface area contributed by atoms with Crippen molar-refractivity contribution in [3.05, 3.63) is 49.3 Å². The molecule has 4 aliphatic rings. The van der Waals surface area contributed by atoms with E-state index >= 15 is 0 Å². The third-order valence-corrected chi connectivity index (χ3v) is 17.8. The zero-order chi connectivity index (χ0) is 41.4. The molecule has 4 saturated heterocycles. The van der Waals surface area contributed by atoms with E-state index in [2.05, 4.69) is 176 Å². The zero-order valence-corrected chi connectivity index (χ0v) is 44.8. The van der Waals surface area contributed by atoms with E-state index in [-0.39, 0.29) is 44.8 Å². The quantitative estimate of drug-likeness (QED) is 0.171. The summed E-state index contributed by atoms with van der Waals surface area (Å²) in [7, 11) is -1.82. The summed E-state index contributed by atoms with van der Waals surface area (Å²) in [6, 6.07) is 8.22. The van der Waals surface area contributed by atoms with Gasteiger partial charge in [-0.2, -0.15) is 0 Å². The second-order valence-corrected chi connectivity index (χ2v) is 23.7. The van der Waals surface area contributed by atoms with Crippen LogP contribution in [0.4, 0.5) is 0 Å². The van der Waals surface area contributed by atoms with E-state index in [9.17, 15) is 0 Å². The van der Waals surface area contributed by atoms with Crippen LogP contribution in [0.1, 0.15) is 111 Å². The topological polar surface area (TPSA) is 73.8 Å². The van der Waals surface area contributed by atoms with Crippen molar-refractivity contribution in [2.24, 2.45) is 0 Å². The van der Waals surface area contributed by atoms with Crippen molar-refractivity contribution < 1.29 is 37.2 Å². The summed E-state index contributed by atoms with van der Waals surface area (Å²) in [5, 5.41) is 0. The van der Waals surface area contributed by atoms with Crippen LogP contribution in [-0.2, 0) is 37.2 Å². The van der Waals surface area contributed by atoms with Crippen LogP contribution in [0.15, 0.2) is 42.2 Å². The molecule has 4 fully saturated rings. The van der Waals surface area contributed by atoms with Crippen molar-refractivity contribution in [2.75, 3.05) is 0 Å². The number of benzene rings is 2. The lowest BCUT2D eigenvalue weighted by atomic mass is 9.49. The SMILES string of the molecule is Brc1cc(I)c(Br)cc1I.CC1(C)OB(B2OC(C)(C)C(C)(C)O2)OC1(C)C.CC1(C)OB(c2cc(Br)c(B3OC(C)(C)C(C)(C)O3)cc2Br)OC1(C)C. The van der Waals surface area contributed by atoms with Crippen molar-refractivity contribution >= 4 is 148 Å². The monoisotopic (exact) mass is 1230 g/mol. The fourth-order valence-corrected chi connectivity index (χ4v) is 8.95. The Morgan fingerprint density at radius 2 is 0.556 bits per heavy atom. The number of rotatable bonds is 3. The summed E-state index contributed by atoms with van der Waals surface area (Å²) in [6.07, 6.45) is 0. The average Bonchev–Trinajstić information content (AvgIpc) is 3.54. The molecule has 2 aromatic carbocycles. The highest BCUT2D eigenvalue weighted by molar-refractivity contribution is 14.1. The third kappa shape index (κ3) is 10.1. The van der Waals surface area contributed by atoms with E-state index < -0.39 is 28.3 Å². The average molecular weight is 1230 g/mol. The molecule has 0 N–H and O–H groups in total. The second-order valence-electron chi connectivity index (χ2n) is 18.0. The molecule has 8 nitrogen and oxygen atoms in total. The molecule has 0 saturated carbocycles. The van der Waals surface area contributed by atoms with Crippen LogP contribution in [0.25, 0.3) is 0 Å². The van der Waals surface area contributed by atoms with Crippen molar-refractivity contribution in [3.8, 4) is 0 Å². The van der Waals surface area contributed by atoms with Gasteiger partial charge >= 0.3 is 28.3 Å². The van der Waals surface area contributed by atoms with E-state index in [4.69, 9.17) is 37.2 Å². The van der Waals surface area contributed by atoms with Crippen molar-refractivity contribution in [1.29, 1.82) is 0 Å². The van der Waals surface area contributed by atoms with Crippen LogP contribution >= 0.6 is 109 Å². The first-order valence-electron chi connectivity index (χ1n) is 17.9. The van der Waals surface area contributed by atoms with Gasteiger partial charge in [0.1, 0.15) is 0 Å². The Labute approximate surface area is 386 Å². The summed E-state index contributed by atoms with van der Waals surface area (Å²) >= 11 is 18.8. The molecule has 0 bridgehead atoms. The number of hydrogen-bond acceptors (Lipinski definition) is 8. The Morgan fingerprint density at radius 1 is 0.352 bits per heavy atom. The molecule has 6 rings (SSSR count). The fraction of sp³-hybridized carbons (Fsp3) is 0.667. The summed E-state index contributed by atoms with van der Waals surface area (Å²) in [5.41, 5.74) is -1.08. The van der Waals surface area contributed by atoms with Gasteiger partial charge in [-0.3, -0.25) is 0 Å². The van der Waals surface area contributed by atoms with Crippen LogP contribution < -0.4 is 10.9 Å². The molecule has 0 aromatic heterocycles. The normalized spacial score (nSPS) is 24.9. The van der Waals surface area contributed by atoms with E-state index in [1.54, 1.807) is 0 Å². The molecule has 0 radical (unpaired) electrons. The predicted molar refractivity (Wildman–Crippen MR) is 253 cm³/mol. The minimum absolute atomic E-state index is 0.360. The zero-order valence-electron chi connectivity index (χ0n) is 34.2. The van der Waals surface area contributed by atoms with Crippen molar-refractivity contribution in [1.82, 2.24) is 0 Å². The molecule has 4 aliphatic heterocycles. The Hall–Kier alpha value is 1.76. The Bertz CT molecular complexity index is 1520. The molecule has 0 spiro atoms. The molecule has 4 heterocycles. The highest BCUT2D eigenvalue weighted by Gasteiger charge is 2.64. The van der Waals surface area contributed by atoms with Gasteiger partial charge < -0.3 is 37.2 Å². The molecular weight excluding hydrogens is 1180 g/mol. The van der Waals surface area contributed by atoms with Crippen LogP contribution in [0.2, 0.25) is 0 Å². The van der Waals surface area contributed by atoms with Gasteiger partial charge in [-0.25, -0.2) is 0 Å².